The van der Waals surface area contributed by atoms with E-state index in [0.29, 0.717) is 7.92 Å². The normalized spacial score (nSPS) is 13.9. The molecular formula is C10H23P. The minimum Gasteiger partial charge on any atom is -0.107 e. The molecule has 0 saturated carbocycles. The molecule has 0 aromatic rings. The average molecular weight is 174 g/mol. The maximum Gasteiger partial charge on any atom is -0.0269 e. The molecule has 0 fully saturated rings. The lowest BCUT2D eigenvalue weighted by Gasteiger charge is -2.15. The van der Waals surface area contributed by atoms with Crippen molar-refractivity contribution in [3.05, 3.63) is 0 Å². The Hall–Kier alpha value is 0.430. The van der Waals surface area contributed by atoms with E-state index in [-0.39, 0.29) is 0 Å². The highest BCUT2D eigenvalue weighted by Gasteiger charge is 2.04. The third-order valence-corrected chi connectivity index (χ3v) is 5.03. The molecule has 0 N–H and O–H groups in total. The second-order valence-electron chi connectivity index (χ2n) is 3.64. The highest BCUT2D eigenvalue weighted by molar-refractivity contribution is 7.57. The summed E-state index contributed by atoms with van der Waals surface area (Å²) in [5, 5.41) is 0. The van der Waals surface area contributed by atoms with Crippen LogP contribution < -0.4 is 0 Å². The number of rotatable bonds is 6. The topological polar surface area (TPSA) is 0 Å². The van der Waals surface area contributed by atoms with E-state index in [9.17, 15) is 0 Å². The zero-order chi connectivity index (χ0) is 8.69. The molecule has 0 radical (unpaired) electrons. The first-order chi connectivity index (χ1) is 5.18. The predicted molar refractivity (Wildman–Crippen MR) is 57.0 cm³/mol. The van der Waals surface area contributed by atoms with E-state index in [1.165, 1.54) is 31.8 Å². The fourth-order valence-electron chi connectivity index (χ4n) is 1.05. The summed E-state index contributed by atoms with van der Waals surface area (Å²) in [4.78, 5) is 0. The Morgan fingerprint density at radius 1 is 1.09 bits per heavy atom. The summed E-state index contributed by atoms with van der Waals surface area (Å²) in [6.45, 7) is 9.42. The maximum absolute atomic E-state index is 2.44. The second kappa shape index (κ2) is 7.10. The quantitative estimate of drug-likeness (QED) is 0.420. The van der Waals surface area contributed by atoms with Gasteiger partial charge in [0.15, 0.2) is 0 Å². The molecule has 0 spiro atoms. The van der Waals surface area contributed by atoms with Crippen LogP contribution in [-0.4, -0.2) is 18.5 Å². The lowest BCUT2D eigenvalue weighted by atomic mass is 10.2. The highest BCUT2D eigenvalue weighted by atomic mass is 31.1. The summed E-state index contributed by atoms with van der Waals surface area (Å²) < 4.78 is 0. The fourth-order valence-corrected chi connectivity index (χ4v) is 2.28. The van der Waals surface area contributed by atoms with E-state index < -0.39 is 0 Å². The largest absolute Gasteiger partial charge is 0.107 e. The molecular weight excluding hydrogens is 151 g/mol. The Morgan fingerprint density at radius 2 is 1.73 bits per heavy atom. The van der Waals surface area contributed by atoms with Crippen LogP contribution >= 0.6 is 7.92 Å². The van der Waals surface area contributed by atoms with Crippen LogP contribution in [0, 0.1) is 0 Å². The molecule has 0 saturated heterocycles. The van der Waals surface area contributed by atoms with Crippen LogP contribution in [0.1, 0.15) is 46.5 Å². The molecule has 0 nitrogen and oxygen atoms in total. The van der Waals surface area contributed by atoms with Crippen LogP contribution in [0.2, 0.25) is 0 Å². The summed E-state index contributed by atoms with van der Waals surface area (Å²) in [5.74, 6) is 0. The molecule has 0 aromatic heterocycles. The molecule has 0 aliphatic heterocycles. The van der Waals surface area contributed by atoms with Gasteiger partial charge in [0.25, 0.3) is 0 Å². The lowest BCUT2D eigenvalue weighted by Crippen LogP contribution is -1.95. The molecule has 1 heteroatoms. The van der Waals surface area contributed by atoms with E-state index in [2.05, 4.69) is 27.4 Å². The number of hydrogen-bond acceptors (Lipinski definition) is 0. The van der Waals surface area contributed by atoms with Gasteiger partial charge in [0.1, 0.15) is 0 Å². The molecule has 1 atom stereocenters. The molecule has 1 unspecified atom stereocenters. The number of unbranched alkanes of at least 4 members (excludes halogenated alkanes) is 3. The van der Waals surface area contributed by atoms with Crippen molar-refractivity contribution in [2.75, 3.05) is 12.8 Å². The van der Waals surface area contributed by atoms with E-state index in [0.717, 1.165) is 5.66 Å². The van der Waals surface area contributed by atoms with Gasteiger partial charge in [-0.05, 0) is 24.9 Å². The molecule has 0 bridgehead atoms. The van der Waals surface area contributed by atoms with Crippen molar-refractivity contribution >= 4 is 7.92 Å². The van der Waals surface area contributed by atoms with Crippen molar-refractivity contribution in [1.82, 2.24) is 0 Å². The minimum absolute atomic E-state index is 0.344. The first-order valence-electron chi connectivity index (χ1n) is 4.88. The summed E-state index contributed by atoms with van der Waals surface area (Å²) in [5.41, 5.74) is 0.937. The van der Waals surface area contributed by atoms with Crippen molar-refractivity contribution in [2.45, 2.75) is 52.1 Å². The van der Waals surface area contributed by atoms with Crippen LogP contribution in [-0.2, 0) is 0 Å². The Labute approximate surface area is 73.5 Å². The predicted octanol–water partition coefficient (Wildman–Crippen LogP) is 4.09. The Bertz CT molecular complexity index is 78.9. The van der Waals surface area contributed by atoms with Crippen molar-refractivity contribution in [2.24, 2.45) is 0 Å². The summed E-state index contributed by atoms with van der Waals surface area (Å²) in [6, 6.07) is 0. The van der Waals surface area contributed by atoms with Crippen molar-refractivity contribution < 1.29 is 0 Å². The van der Waals surface area contributed by atoms with Gasteiger partial charge in [0, 0.05) is 0 Å². The zero-order valence-corrected chi connectivity index (χ0v) is 9.45. The van der Waals surface area contributed by atoms with E-state index in [1.54, 1.807) is 0 Å². The van der Waals surface area contributed by atoms with E-state index >= 15 is 0 Å². The van der Waals surface area contributed by atoms with Crippen LogP contribution in [0.15, 0.2) is 0 Å². The van der Waals surface area contributed by atoms with Gasteiger partial charge in [-0.15, -0.1) is 7.92 Å². The zero-order valence-electron chi connectivity index (χ0n) is 8.56. The number of hydrogen-bond donors (Lipinski definition) is 0. The van der Waals surface area contributed by atoms with E-state index in [1.807, 2.05) is 0 Å². The third-order valence-electron chi connectivity index (χ3n) is 2.25. The Morgan fingerprint density at radius 3 is 2.18 bits per heavy atom. The first kappa shape index (κ1) is 11.4. The van der Waals surface area contributed by atoms with Crippen molar-refractivity contribution in [1.29, 1.82) is 0 Å². The molecule has 68 valence electrons. The highest BCUT2D eigenvalue weighted by Crippen LogP contribution is 2.37. The fraction of sp³-hybridized carbons (Fsp3) is 1.00. The standard InChI is InChI=1S/C10H23P/c1-5-6-7-8-9-11(4)10(2)3/h10H,5-9H2,1-4H3. The first-order valence-corrected chi connectivity index (χ1v) is 6.93. The van der Waals surface area contributed by atoms with Gasteiger partial charge >= 0.3 is 0 Å². The van der Waals surface area contributed by atoms with Crippen LogP contribution in [0.4, 0.5) is 0 Å². The van der Waals surface area contributed by atoms with Gasteiger partial charge in [0.2, 0.25) is 0 Å². The van der Waals surface area contributed by atoms with Crippen LogP contribution in [0.5, 0.6) is 0 Å². The van der Waals surface area contributed by atoms with Crippen molar-refractivity contribution in [3.63, 3.8) is 0 Å². The summed E-state index contributed by atoms with van der Waals surface area (Å²) >= 11 is 0. The Kier molecular flexibility index (Phi) is 7.38. The summed E-state index contributed by atoms with van der Waals surface area (Å²) in [7, 11) is 0.344. The molecule has 0 rings (SSSR count). The second-order valence-corrected chi connectivity index (χ2v) is 6.63. The molecule has 0 heterocycles. The monoisotopic (exact) mass is 174 g/mol. The maximum atomic E-state index is 2.44. The van der Waals surface area contributed by atoms with Gasteiger partial charge in [-0.2, -0.15) is 0 Å². The van der Waals surface area contributed by atoms with Crippen LogP contribution in [0.25, 0.3) is 0 Å². The SMILES string of the molecule is CCCCCCP(C)C(C)C. The molecule has 0 aliphatic rings. The Balaban J connectivity index is 3.10. The van der Waals surface area contributed by atoms with E-state index in [4.69, 9.17) is 0 Å². The lowest BCUT2D eigenvalue weighted by molar-refractivity contribution is 0.704. The molecule has 0 amide bonds. The smallest absolute Gasteiger partial charge is 0.0269 e. The molecule has 11 heavy (non-hydrogen) atoms. The van der Waals surface area contributed by atoms with Crippen LogP contribution in [0.3, 0.4) is 0 Å². The van der Waals surface area contributed by atoms with Gasteiger partial charge in [0.05, 0.1) is 0 Å². The minimum atomic E-state index is 0.344. The van der Waals surface area contributed by atoms with Gasteiger partial charge in [-0.25, -0.2) is 0 Å². The van der Waals surface area contributed by atoms with Gasteiger partial charge in [-0.1, -0.05) is 40.0 Å². The molecule has 0 aromatic carbocycles. The third kappa shape index (κ3) is 6.81. The van der Waals surface area contributed by atoms with Crippen molar-refractivity contribution in [3.8, 4) is 0 Å². The van der Waals surface area contributed by atoms with Gasteiger partial charge < -0.3 is 0 Å². The molecule has 0 aliphatic carbocycles. The summed E-state index contributed by atoms with van der Waals surface area (Å²) in [6.07, 6.45) is 7.21. The average Bonchev–Trinajstić information content (AvgIpc) is 1.97. The van der Waals surface area contributed by atoms with Gasteiger partial charge in [-0.3, -0.25) is 0 Å².